The fraction of sp³-hybridized carbons (Fsp3) is 0.222. The first-order valence-corrected chi connectivity index (χ1v) is 9.06. The lowest BCUT2D eigenvalue weighted by Gasteiger charge is -2.26. The molecule has 2 aromatic heterocycles. The zero-order valence-corrected chi connectivity index (χ0v) is 14.4. The molecule has 0 saturated heterocycles. The molecule has 0 atom stereocenters. The van der Waals surface area contributed by atoms with Crippen molar-refractivity contribution >= 4 is 22.8 Å². The average Bonchev–Trinajstić information content (AvgIpc) is 3.34. The van der Waals surface area contributed by atoms with Gasteiger partial charge in [0.15, 0.2) is 0 Å². The summed E-state index contributed by atoms with van der Waals surface area (Å²) in [7, 11) is 0. The Bertz CT molecular complexity index is 885. The lowest BCUT2D eigenvalue weighted by Crippen LogP contribution is -2.37. The van der Waals surface area contributed by atoms with Gasteiger partial charge in [0.05, 0.1) is 0 Å². The van der Waals surface area contributed by atoms with Gasteiger partial charge >= 0.3 is 0 Å². The molecule has 7 heteroatoms. The van der Waals surface area contributed by atoms with Crippen molar-refractivity contribution < 1.29 is 4.79 Å². The van der Waals surface area contributed by atoms with E-state index in [0.717, 1.165) is 12.0 Å². The number of thiophene rings is 1. The van der Waals surface area contributed by atoms with Crippen molar-refractivity contribution in [3.63, 3.8) is 0 Å². The second-order valence-electron chi connectivity index (χ2n) is 5.84. The highest BCUT2D eigenvalue weighted by atomic mass is 32.1. The van der Waals surface area contributed by atoms with Crippen LogP contribution in [0.2, 0.25) is 0 Å². The van der Waals surface area contributed by atoms with E-state index in [9.17, 15) is 4.79 Å². The monoisotopic (exact) mass is 351 g/mol. The summed E-state index contributed by atoms with van der Waals surface area (Å²) in [6.07, 6.45) is 2.99. The SMILES string of the molecule is O=C(Cn1nnc(-c2ccsc2)n1)N1CC=C(c2ccccc2)CC1. The highest BCUT2D eigenvalue weighted by molar-refractivity contribution is 7.08. The molecule has 0 N–H and O–H groups in total. The van der Waals surface area contributed by atoms with Gasteiger partial charge in [0.2, 0.25) is 11.7 Å². The molecule has 0 unspecified atom stereocenters. The molecule has 1 aliphatic rings. The molecular weight excluding hydrogens is 334 g/mol. The van der Waals surface area contributed by atoms with Gasteiger partial charge in [0, 0.05) is 24.0 Å². The number of nitrogens with zero attached hydrogens (tertiary/aromatic N) is 5. The van der Waals surface area contributed by atoms with Crippen LogP contribution in [-0.2, 0) is 11.3 Å². The zero-order chi connectivity index (χ0) is 17.1. The van der Waals surface area contributed by atoms with Gasteiger partial charge in [-0.2, -0.15) is 16.1 Å². The number of amides is 1. The van der Waals surface area contributed by atoms with Crippen LogP contribution >= 0.6 is 11.3 Å². The Kier molecular flexibility index (Phi) is 4.39. The van der Waals surface area contributed by atoms with E-state index in [2.05, 4.69) is 33.6 Å². The molecule has 1 aromatic carbocycles. The van der Waals surface area contributed by atoms with Gasteiger partial charge in [-0.3, -0.25) is 4.79 Å². The Morgan fingerprint density at radius 1 is 1.16 bits per heavy atom. The largest absolute Gasteiger partial charge is 0.337 e. The van der Waals surface area contributed by atoms with Gasteiger partial charge in [-0.1, -0.05) is 36.4 Å². The Morgan fingerprint density at radius 3 is 2.76 bits per heavy atom. The third kappa shape index (κ3) is 3.51. The van der Waals surface area contributed by atoms with Crippen molar-refractivity contribution in [2.75, 3.05) is 13.1 Å². The second-order valence-corrected chi connectivity index (χ2v) is 6.62. The maximum Gasteiger partial charge on any atom is 0.246 e. The number of tetrazole rings is 1. The van der Waals surface area contributed by atoms with Crippen LogP contribution in [0.15, 0.2) is 53.2 Å². The number of hydrogen-bond donors (Lipinski definition) is 0. The number of carbonyl (C=O) groups excluding carboxylic acids is 1. The number of aromatic nitrogens is 4. The number of carbonyl (C=O) groups is 1. The first-order valence-electron chi connectivity index (χ1n) is 8.12. The summed E-state index contributed by atoms with van der Waals surface area (Å²) in [6.45, 7) is 1.45. The molecule has 0 aliphatic carbocycles. The highest BCUT2D eigenvalue weighted by Crippen LogP contribution is 2.22. The molecule has 4 rings (SSSR count). The molecule has 0 fully saturated rings. The molecule has 0 radical (unpaired) electrons. The van der Waals surface area contributed by atoms with Crippen molar-refractivity contribution in [2.24, 2.45) is 0 Å². The summed E-state index contributed by atoms with van der Waals surface area (Å²) < 4.78 is 0. The van der Waals surface area contributed by atoms with Crippen LogP contribution < -0.4 is 0 Å². The van der Waals surface area contributed by atoms with Crippen LogP contribution in [0, 0.1) is 0 Å². The Hall–Kier alpha value is -2.80. The molecule has 25 heavy (non-hydrogen) atoms. The first-order chi connectivity index (χ1) is 12.3. The summed E-state index contributed by atoms with van der Waals surface area (Å²) in [6, 6.07) is 12.2. The number of hydrogen-bond acceptors (Lipinski definition) is 5. The first kappa shape index (κ1) is 15.7. The minimum atomic E-state index is 0.0117. The fourth-order valence-electron chi connectivity index (χ4n) is 2.85. The summed E-state index contributed by atoms with van der Waals surface area (Å²) in [5.74, 6) is 0.566. The third-order valence-corrected chi connectivity index (χ3v) is 4.90. The fourth-order valence-corrected chi connectivity index (χ4v) is 3.48. The van der Waals surface area contributed by atoms with E-state index in [1.165, 1.54) is 15.9 Å². The van der Waals surface area contributed by atoms with Crippen LogP contribution in [-0.4, -0.2) is 44.1 Å². The molecule has 0 bridgehead atoms. The zero-order valence-electron chi connectivity index (χ0n) is 13.6. The predicted octanol–water partition coefficient (Wildman–Crippen LogP) is 2.72. The van der Waals surface area contributed by atoms with E-state index in [1.807, 2.05) is 39.9 Å². The maximum atomic E-state index is 12.5. The quantitative estimate of drug-likeness (QED) is 0.725. The topological polar surface area (TPSA) is 63.9 Å². The van der Waals surface area contributed by atoms with E-state index >= 15 is 0 Å². The smallest absolute Gasteiger partial charge is 0.246 e. The Labute approximate surface area is 149 Å². The lowest BCUT2D eigenvalue weighted by molar-refractivity contribution is -0.131. The van der Waals surface area contributed by atoms with Crippen molar-refractivity contribution in [3.8, 4) is 11.4 Å². The molecular formula is C18H17N5OS. The van der Waals surface area contributed by atoms with Gasteiger partial charge in [-0.05, 0) is 34.2 Å². The normalized spacial score (nSPS) is 14.4. The summed E-state index contributed by atoms with van der Waals surface area (Å²) in [5.41, 5.74) is 3.45. The molecule has 1 amide bonds. The maximum absolute atomic E-state index is 12.5. The van der Waals surface area contributed by atoms with Gasteiger partial charge < -0.3 is 4.90 Å². The van der Waals surface area contributed by atoms with E-state index in [-0.39, 0.29) is 12.5 Å². The Morgan fingerprint density at radius 2 is 2.04 bits per heavy atom. The van der Waals surface area contributed by atoms with Gasteiger partial charge in [-0.25, -0.2) is 0 Å². The van der Waals surface area contributed by atoms with Crippen molar-refractivity contribution in [1.82, 2.24) is 25.1 Å². The molecule has 0 spiro atoms. The molecule has 6 nitrogen and oxygen atoms in total. The molecule has 126 valence electrons. The van der Waals surface area contributed by atoms with Crippen LogP contribution in [0.25, 0.3) is 17.0 Å². The summed E-state index contributed by atoms with van der Waals surface area (Å²) in [4.78, 5) is 15.7. The lowest BCUT2D eigenvalue weighted by atomic mass is 9.99. The standard InChI is InChI=1S/C18H17N5OS/c24-17(12-23-20-18(19-21-23)16-8-11-25-13-16)22-9-6-15(7-10-22)14-4-2-1-3-5-14/h1-6,8,11,13H,7,9-10,12H2. The third-order valence-electron chi connectivity index (χ3n) is 4.22. The van der Waals surface area contributed by atoms with E-state index in [0.29, 0.717) is 18.9 Å². The van der Waals surface area contributed by atoms with Gasteiger partial charge in [0.25, 0.3) is 0 Å². The minimum absolute atomic E-state index is 0.0117. The molecule has 3 aromatic rings. The van der Waals surface area contributed by atoms with Crippen LogP contribution in [0.5, 0.6) is 0 Å². The van der Waals surface area contributed by atoms with Gasteiger partial charge in [0.1, 0.15) is 6.54 Å². The van der Waals surface area contributed by atoms with Crippen molar-refractivity contribution in [3.05, 3.63) is 58.8 Å². The van der Waals surface area contributed by atoms with Crippen LogP contribution in [0.4, 0.5) is 0 Å². The van der Waals surface area contributed by atoms with E-state index in [4.69, 9.17) is 0 Å². The van der Waals surface area contributed by atoms with Crippen LogP contribution in [0.3, 0.4) is 0 Å². The molecule has 3 heterocycles. The second kappa shape index (κ2) is 6.98. The highest BCUT2D eigenvalue weighted by Gasteiger charge is 2.19. The summed E-state index contributed by atoms with van der Waals surface area (Å²) in [5, 5.41) is 16.2. The minimum Gasteiger partial charge on any atom is -0.337 e. The van der Waals surface area contributed by atoms with Crippen molar-refractivity contribution in [1.29, 1.82) is 0 Å². The molecule has 0 saturated carbocycles. The van der Waals surface area contributed by atoms with Crippen LogP contribution in [0.1, 0.15) is 12.0 Å². The number of benzene rings is 1. The summed E-state index contributed by atoms with van der Waals surface area (Å²) >= 11 is 1.58. The predicted molar refractivity (Wildman–Crippen MR) is 96.7 cm³/mol. The average molecular weight is 351 g/mol. The van der Waals surface area contributed by atoms with E-state index < -0.39 is 0 Å². The number of rotatable bonds is 4. The van der Waals surface area contributed by atoms with E-state index in [1.54, 1.807) is 11.3 Å². The van der Waals surface area contributed by atoms with Gasteiger partial charge in [-0.15, -0.1) is 10.2 Å². The van der Waals surface area contributed by atoms with Crippen molar-refractivity contribution in [2.45, 2.75) is 13.0 Å². The Balaban J connectivity index is 1.39. The molecule has 1 aliphatic heterocycles.